The van der Waals surface area contributed by atoms with E-state index in [0.717, 1.165) is 5.56 Å². The van der Waals surface area contributed by atoms with Crippen molar-refractivity contribution in [1.82, 2.24) is 4.90 Å². The van der Waals surface area contributed by atoms with E-state index in [1.165, 1.54) is 24.1 Å². The van der Waals surface area contributed by atoms with Gasteiger partial charge in [-0.15, -0.1) is 0 Å². The summed E-state index contributed by atoms with van der Waals surface area (Å²) < 4.78 is 23.7. The molecule has 1 aliphatic heterocycles. The lowest BCUT2D eigenvalue weighted by Gasteiger charge is -2.24. The van der Waals surface area contributed by atoms with Gasteiger partial charge in [-0.3, -0.25) is 4.90 Å². The minimum atomic E-state index is -0.731. The minimum absolute atomic E-state index is 0.123. The van der Waals surface area contributed by atoms with Gasteiger partial charge in [0, 0.05) is 13.1 Å². The highest BCUT2D eigenvalue weighted by atomic mass is 19.1. The molecule has 0 N–H and O–H groups in total. The smallest absolute Gasteiger partial charge is 0.410 e. The minimum Gasteiger partial charge on any atom is -0.465 e. The van der Waals surface area contributed by atoms with Gasteiger partial charge in [-0.25, -0.2) is 14.0 Å². The third-order valence-corrected chi connectivity index (χ3v) is 3.07. The number of nitrogens with zero attached hydrogens (tertiary/aromatic N) is 1. The normalized spacial score (nSPS) is 13.9. The van der Waals surface area contributed by atoms with E-state index in [9.17, 15) is 14.0 Å². The van der Waals surface area contributed by atoms with Crippen LogP contribution in [0.5, 0.6) is 0 Å². The van der Waals surface area contributed by atoms with E-state index < -0.39 is 23.5 Å². The number of carbonyl (C=O) groups excluding carboxylic acids is 2. The van der Waals surface area contributed by atoms with Crippen LogP contribution in [0.2, 0.25) is 0 Å². The Morgan fingerprint density at radius 3 is 2.29 bits per heavy atom. The molecular weight excluding hydrogens is 277 g/mol. The summed E-state index contributed by atoms with van der Waals surface area (Å²) in [5, 5.41) is 0. The van der Waals surface area contributed by atoms with Crippen LogP contribution in [0.3, 0.4) is 0 Å². The number of esters is 1. The molecular formula is C15H18FNO4. The van der Waals surface area contributed by atoms with Gasteiger partial charge in [0.05, 0.1) is 12.7 Å². The number of hydrogen-bond donors (Lipinski definition) is 0. The highest BCUT2D eigenvalue weighted by Crippen LogP contribution is 2.27. The van der Waals surface area contributed by atoms with Gasteiger partial charge >= 0.3 is 12.1 Å². The summed E-state index contributed by atoms with van der Waals surface area (Å²) in [7, 11) is 1.20. The average molecular weight is 295 g/mol. The highest BCUT2D eigenvalue weighted by Gasteiger charge is 2.29. The molecule has 0 fully saturated rings. The van der Waals surface area contributed by atoms with Gasteiger partial charge in [-0.1, -0.05) is 0 Å². The van der Waals surface area contributed by atoms with Crippen LogP contribution in [0.25, 0.3) is 0 Å². The standard InChI is InChI=1S/C15H18FNO4/c1-15(2,3)21-14(19)17-7-9-5-11(13(18)20-4)12(16)6-10(9)8-17/h5-6H,7-8H2,1-4H3. The SMILES string of the molecule is COC(=O)c1cc2c(cc1F)CN(C(=O)OC(C)(C)C)C2. The van der Waals surface area contributed by atoms with E-state index in [-0.39, 0.29) is 18.7 Å². The highest BCUT2D eigenvalue weighted by molar-refractivity contribution is 5.90. The van der Waals surface area contributed by atoms with Crippen LogP contribution in [0.1, 0.15) is 42.3 Å². The fraction of sp³-hybridized carbons (Fsp3) is 0.467. The number of fused-ring (bicyclic) bond motifs is 1. The number of rotatable bonds is 1. The molecule has 21 heavy (non-hydrogen) atoms. The van der Waals surface area contributed by atoms with Gasteiger partial charge in [-0.2, -0.15) is 0 Å². The number of benzene rings is 1. The Hall–Kier alpha value is -2.11. The molecule has 0 aromatic heterocycles. The molecule has 5 nitrogen and oxygen atoms in total. The molecule has 0 spiro atoms. The zero-order valence-electron chi connectivity index (χ0n) is 12.5. The number of methoxy groups -OCH3 is 1. The van der Waals surface area contributed by atoms with Gasteiger partial charge in [0.1, 0.15) is 11.4 Å². The van der Waals surface area contributed by atoms with Gasteiger partial charge in [-0.05, 0) is 44.0 Å². The summed E-state index contributed by atoms with van der Waals surface area (Å²) in [4.78, 5) is 24.9. The number of hydrogen-bond acceptors (Lipinski definition) is 4. The van der Waals surface area contributed by atoms with Crippen LogP contribution in [0.4, 0.5) is 9.18 Å². The van der Waals surface area contributed by atoms with Gasteiger partial charge in [0.2, 0.25) is 0 Å². The van der Waals surface area contributed by atoms with Crippen molar-refractivity contribution in [3.05, 3.63) is 34.6 Å². The van der Waals surface area contributed by atoms with Crippen molar-refractivity contribution in [3.63, 3.8) is 0 Å². The number of halogens is 1. The van der Waals surface area contributed by atoms with Crippen molar-refractivity contribution in [3.8, 4) is 0 Å². The molecule has 1 aromatic rings. The second-order valence-corrected chi connectivity index (χ2v) is 5.93. The van der Waals surface area contributed by atoms with Crippen LogP contribution in [-0.4, -0.2) is 29.7 Å². The molecule has 0 aliphatic carbocycles. The summed E-state index contributed by atoms with van der Waals surface area (Å²) in [5.41, 5.74) is 0.685. The van der Waals surface area contributed by atoms with Crippen molar-refractivity contribution in [2.24, 2.45) is 0 Å². The summed E-state index contributed by atoms with van der Waals surface area (Å²) >= 11 is 0. The predicted octanol–water partition coefficient (Wildman–Crippen LogP) is 2.86. The van der Waals surface area contributed by atoms with Crippen molar-refractivity contribution >= 4 is 12.1 Å². The van der Waals surface area contributed by atoms with E-state index in [2.05, 4.69) is 4.74 Å². The van der Waals surface area contributed by atoms with E-state index in [1.54, 1.807) is 20.8 Å². The Bertz CT molecular complexity index is 592. The fourth-order valence-corrected chi connectivity index (χ4v) is 2.14. The summed E-state index contributed by atoms with van der Waals surface area (Å²) in [5.74, 6) is -1.38. The average Bonchev–Trinajstić information content (AvgIpc) is 2.77. The van der Waals surface area contributed by atoms with Crippen molar-refractivity contribution in [2.75, 3.05) is 7.11 Å². The third-order valence-electron chi connectivity index (χ3n) is 3.07. The van der Waals surface area contributed by atoms with Crippen molar-refractivity contribution in [2.45, 2.75) is 39.5 Å². The van der Waals surface area contributed by atoms with Crippen LogP contribution < -0.4 is 0 Å². The number of carbonyl (C=O) groups is 2. The molecule has 0 atom stereocenters. The maximum Gasteiger partial charge on any atom is 0.410 e. The Balaban J connectivity index is 2.20. The zero-order chi connectivity index (χ0) is 15.8. The molecule has 0 radical (unpaired) electrons. The van der Waals surface area contributed by atoms with E-state index in [1.807, 2.05) is 0 Å². The fourth-order valence-electron chi connectivity index (χ4n) is 2.14. The first-order chi connectivity index (χ1) is 9.71. The molecule has 114 valence electrons. The van der Waals surface area contributed by atoms with Crippen LogP contribution >= 0.6 is 0 Å². The molecule has 1 aliphatic rings. The first-order valence-corrected chi connectivity index (χ1v) is 6.59. The predicted molar refractivity (Wildman–Crippen MR) is 73.2 cm³/mol. The van der Waals surface area contributed by atoms with Gasteiger partial charge < -0.3 is 9.47 Å². The molecule has 0 saturated heterocycles. The molecule has 1 amide bonds. The zero-order valence-corrected chi connectivity index (χ0v) is 12.5. The molecule has 1 heterocycles. The lowest BCUT2D eigenvalue weighted by molar-refractivity contribution is 0.0241. The van der Waals surface area contributed by atoms with E-state index >= 15 is 0 Å². The molecule has 1 aromatic carbocycles. The number of amides is 1. The monoisotopic (exact) mass is 295 g/mol. The van der Waals surface area contributed by atoms with E-state index in [4.69, 9.17) is 4.74 Å². The molecule has 2 rings (SSSR count). The first kappa shape index (κ1) is 15.3. The molecule has 0 bridgehead atoms. The molecule has 0 unspecified atom stereocenters. The number of ether oxygens (including phenoxy) is 2. The molecule has 0 saturated carbocycles. The first-order valence-electron chi connectivity index (χ1n) is 6.59. The van der Waals surface area contributed by atoms with Crippen molar-refractivity contribution < 1.29 is 23.5 Å². The maximum absolute atomic E-state index is 13.8. The lowest BCUT2D eigenvalue weighted by atomic mass is 10.1. The Morgan fingerprint density at radius 1 is 1.19 bits per heavy atom. The largest absolute Gasteiger partial charge is 0.465 e. The van der Waals surface area contributed by atoms with Crippen LogP contribution in [0, 0.1) is 5.82 Å². The molecule has 6 heteroatoms. The van der Waals surface area contributed by atoms with Crippen molar-refractivity contribution in [1.29, 1.82) is 0 Å². The van der Waals surface area contributed by atoms with E-state index in [0.29, 0.717) is 5.56 Å². The summed E-state index contributed by atoms with van der Waals surface area (Å²) in [6, 6.07) is 2.70. The lowest BCUT2D eigenvalue weighted by Crippen LogP contribution is -2.33. The van der Waals surface area contributed by atoms with Crippen LogP contribution in [-0.2, 0) is 22.6 Å². The Labute approximate surface area is 122 Å². The maximum atomic E-state index is 13.8. The summed E-state index contributed by atoms with van der Waals surface area (Å²) in [6.45, 7) is 5.90. The third kappa shape index (κ3) is 3.32. The quantitative estimate of drug-likeness (QED) is 0.748. The van der Waals surface area contributed by atoms with Gasteiger partial charge in [0.25, 0.3) is 0 Å². The second-order valence-electron chi connectivity index (χ2n) is 5.93. The topological polar surface area (TPSA) is 55.8 Å². The Morgan fingerprint density at radius 2 is 1.76 bits per heavy atom. The van der Waals surface area contributed by atoms with Crippen LogP contribution in [0.15, 0.2) is 12.1 Å². The summed E-state index contributed by atoms with van der Waals surface area (Å²) in [6.07, 6.45) is -0.460. The van der Waals surface area contributed by atoms with Gasteiger partial charge in [0.15, 0.2) is 0 Å². The Kier molecular flexibility index (Phi) is 3.89. The second kappa shape index (κ2) is 5.35.